The summed E-state index contributed by atoms with van der Waals surface area (Å²) in [6.45, 7) is 3.27. The van der Waals surface area contributed by atoms with Gasteiger partial charge in [0.25, 0.3) is 0 Å². The highest BCUT2D eigenvalue weighted by atomic mass is 19.4. The molecule has 0 bridgehead atoms. The number of hydrogen-bond acceptors (Lipinski definition) is 2. The number of rotatable bonds is 1. The molecule has 1 aliphatic rings. The Labute approximate surface area is 97.3 Å². The second-order valence-corrected chi connectivity index (χ2v) is 4.18. The van der Waals surface area contributed by atoms with Crippen LogP contribution in [0.3, 0.4) is 0 Å². The van der Waals surface area contributed by atoms with Crippen molar-refractivity contribution in [3.63, 3.8) is 0 Å². The molecule has 1 aromatic rings. The van der Waals surface area contributed by atoms with E-state index in [2.05, 4.69) is 0 Å². The average Bonchev–Trinajstić information content (AvgIpc) is 2.61. The third kappa shape index (κ3) is 2.61. The average molecular weight is 246 g/mol. The van der Waals surface area contributed by atoms with Crippen LogP contribution in [0.25, 0.3) is 0 Å². The highest BCUT2D eigenvalue weighted by Gasteiger charge is 2.51. The van der Waals surface area contributed by atoms with E-state index in [1.54, 1.807) is 12.1 Å². The first kappa shape index (κ1) is 12.4. The van der Waals surface area contributed by atoms with Gasteiger partial charge in [0.2, 0.25) is 0 Å². The number of hydrogen-bond donors (Lipinski definition) is 0. The van der Waals surface area contributed by atoms with E-state index in [4.69, 9.17) is 9.47 Å². The van der Waals surface area contributed by atoms with Crippen LogP contribution in [0.1, 0.15) is 24.3 Å². The van der Waals surface area contributed by atoms with Crippen LogP contribution in [-0.2, 0) is 9.47 Å². The molecule has 1 fully saturated rings. The van der Waals surface area contributed by atoms with Crippen LogP contribution in [0, 0.1) is 6.92 Å². The molecule has 17 heavy (non-hydrogen) atoms. The molecule has 0 unspecified atom stereocenters. The summed E-state index contributed by atoms with van der Waals surface area (Å²) < 4.78 is 47.8. The fourth-order valence-electron chi connectivity index (χ4n) is 1.77. The number of alkyl halides is 3. The second kappa shape index (κ2) is 4.31. The van der Waals surface area contributed by atoms with E-state index in [9.17, 15) is 13.2 Å². The van der Waals surface area contributed by atoms with Crippen molar-refractivity contribution in [3.05, 3.63) is 35.4 Å². The van der Waals surface area contributed by atoms with Crippen molar-refractivity contribution in [2.24, 2.45) is 0 Å². The lowest BCUT2D eigenvalue weighted by molar-refractivity contribution is -0.218. The number of aryl methyl sites for hydroxylation is 1. The molecule has 0 radical (unpaired) electrons. The lowest BCUT2D eigenvalue weighted by Crippen LogP contribution is -2.35. The first-order chi connectivity index (χ1) is 7.88. The summed E-state index contributed by atoms with van der Waals surface area (Å²) in [5.41, 5.74) is 1.64. The maximum atomic E-state index is 12.6. The zero-order valence-corrected chi connectivity index (χ0v) is 9.49. The van der Waals surface area contributed by atoms with E-state index < -0.39 is 24.7 Å². The zero-order valence-electron chi connectivity index (χ0n) is 9.49. The first-order valence-electron chi connectivity index (χ1n) is 5.32. The molecule has 94 valence electrons. The lowest BCUT2D eigenvalue weighted by Gasteiger charge is -2.16. The molecule has 0 amide bonds. The van der Waals surface area contributed by atoms with Crippen molar-refractivity contribution in [2.75, 3.05) is 0 Å². The van der Waals surface area contributed by atoms with Crippen LogP contribution in [0.4, 0.5) is 13.2 Å². The van der Waals surface area contributed by atoms with Crippen LogP contribution in [-0.4, -0.2) is 18.4 Å². The summed E-state index contributed by atoms with van der Waals surface area (Å²) >= 11 is 0. The van der Waals surface area contributed by atoms with Gasteiger partial charge >= 0.3 is 6.18 Å². The van der Waals surface area contributed by atoms with Crippen LogP contribution >= 0.6 is 0 Å². The molecule has 1 aliphatic heterocycles. The van der Waals surface area contributed by atoms with Crippen molar-refractivity contribution in [1.29, 1.82) is 0 Å². The number of halogens is 3. The van der Waals surface area contributed by atoms with Gasteiger partial charge in [0, 0.05) is 5.56 Å². The van der Waals surface area contributed by atoms with E-state index in [0.717, 1.165) is 5.56 Å². The molecule has 2 rings (SSSR count). The molecular weight excluding hydrogens is 233 g/mol. The number of benzene rings is 1. The molecule has 1 aromatic carbocycles. The molecule has 0 saturated carbocycles. The minimum Gasteiger partial charge on any atom is -0.342 e. The first-order valence-corrected chi connectivity index (χ1v) is 5.32. The van der Waals surface area contributed by atoms with Gasteiger partial charge in [0.05, 0.1) is 6.10 Å². The maximum Gasteiger partial charge on any atom is 0.417 e. The topological polar surface area (TPSA) is 18.5 Å². The van der Waals surface area contributed by atoms with Gasteiger partial charge in [-0.1, -0.05) is 29.8 Å². The standard InChI is InChI=1S/C12H13F3O2/c1-7-3-5-9(6-4-7)11-16-8(2)10(17-11)12(13,14)15/h3-6,8,10-11H,1-2H3/t8-,10-,11-/m0/s1. The molecular formula is C12H13F3O2. The Balaban J connectivity index is 2.14. The van der Waals surface area contributed by atoms with E-state index in [0.29, 0.717) is 5.56 Å². The van der Waals surface area contributed by atoms with Gasteiger partial charge in [-0.3, -0.25) is 0 Å². The molecule has 5 heteroatoms. The van der Waals surface area contributed by atoms with Gasteiger partial charge in [0.1, 0.15) is 0 Å². The minimum atomic E-state index is -4.39. The quantitative estimate of drug-likeness (QED) is 0.756. The Kier molecular flexibility index (Phi) is 3.14. The molecule has 0 aromatic heterocycles. The monoisotopic (exact) mass is 246 g/mol. The van der Waals surface area contributed by atoms with Crippen LogP contribution in [0.2, 0.25) is 0 Å². The molecule has 1 saturated heterocycles. The van der Waals surface area contributed by atoms with Crippen molar-refractivity contribution < 1.29 is 22.6 Å². The highest BCUT2D eigenvalue weighted by Crippen LogP contribution is 2.38. The highest BCUT2D eigenvalue weighted by molar-refractivity contribution is 5.22. The Morgan fingerprint density at radius 1 is 1.06 bits per heavy atom. The summed E-state index contributed by atoms with van der Waals surface area (Å²) in [6, 6.07) is 7.05. The van der Waals surface area contributed by atoms with Crippen LogP contribution < -0.4 is 0 Å². The third-order valence-corrected chi connectivity index (χ3v) is 2.71. The summed E-state index contributed by atoms with van der Waals surface area (Å²) in [6.07, 6.45) is -8.16. The van der Waals surface area contributed by atoms with Gasteiger partial charge in [0.15, 0.2) is 12.4 Å². The SMILES string of the molecule is Cc1ccc([C@H]2O[C@@H](C)[C@@H](C(F)(F)F)O2)cc1. The molecule has 0 spiro atoms. The molecule has 0 N–H and O–H groups in total. The van der Waals surface area contributed by atoms with E-state index >= 15 is 0 Å². The van der Waals surface area contributed by atoms with Gasteiger partial charge in [-0.2, -0.15) is 13.2 Å². The largest absolute Gasteiger partial charge is 0.417 e. The predicted molar refractivity (Wildman–Crippen MR) is 55.4 cm³/mol. The summed E-state index contributed by atoms with van der Waals surface area (Å²) in [5.74, 6) is 0. The van der Waals surface area contributed by atoms with Gasteiger partial charge < -0.3 is 9.47 Å². The lowest BCUT2D eigenvalue weighted by atomic mass is 10.1. The van der Waals surface area contributed by atoms with Gasteiger partial charge in [-0.05, 0) is 13.8 Å². The normalized spacial score (nSPS) is 29.6. The summed E-state index contributed by atoms with van der Waals surface area (Å²) in [5, 5.41) is 0. The minimum absolute atomic E-state index is 0.606. The fraction of sp³-hybridized carbons (Fsp3) is 0.500. The molecule has 1 heterocycles. The molecule has 2 nitrogen and oxygen atoms in total. The smallest absolute Gasteiger partial charge is 0.342 e. The number of ether oxygens (including phenoxy) is 2. The van der Waals surface area contributed by atoms with Crippen molar-refractivity contribution in [3.8, 4) is 0 Å². The molecule has 3 atom stereocenters. The summed E-state index contributed by atoms with van der Waals surface area (Å²) in [4.78, 5) is 0. The predicted octanol–water partition coefficient (Wildman–Crippen LogP) is 3.36. The van der Waals surface area contributed by atoms with Gasteiger partial charge in [-0.15, -0.1) is 0 Å². The van der Waals surface area contributed by atoms with Gasteiger partial charge in [-0.25, -0.2) is 0 Å². The van der Waals surface area contributed by atoms with Crippen molar-refractivity contribution in [1.82, 2.24) is 0 Å². The van der Waals surface area contributed by atoms with Crippen molar-refractivity contribution in [2.45, 2.75) is 38.5 Å². The van der Waals surface area contributed by atoms with Crippen LogP contribution in [0.15, 0.2) is 24.3 Å². The van der Waals surface area contributed by atoms with E-state index in [-0.39, 0.29) is 0 Å². The maximum absolute atomic E-state index is 12.6. The second-order valence-electron chi connectivity index (χ2n) is 4.18. The van der Waals surface area contributed by atoms with Crippen LogP contribution in [0.5, 0.6) is 0 Å². The third-order valence-electron chi connectivity index (χ3n) is 2.71. The fourth-order valence-corrected chi connectivity index (χ4v) is 1.77. The van der Waals surface area contributed by atoms with Crippen molar-refractivity contribution >= 4 is 0 Å². The Hall–Kier alpha value is -1.07. The van der Waals surface area contributed by atoms with E-state index in [1.807, 2.05) is 19.1 Å². The van der Waals surface area contributed by atoms with E-state index in [1.165, 1.54) is 6.92 Å². The Morgan fingerprint density at radius 3 is 2.12 bits per heavy atom. The zero-order chi connectivity index (χ0) is 12.6. The molecule has 0 aliphatic carbocycles. The Morgan fingerprint density at radius 2 is 1.65 bits per heavy atom. The summed E-state index contributed by atoms with van der Waals surface area (Å²) in [7, 11) is 0. The Bertz CT molecular complexity index is 386.